The van der Waals surface area contributed by atoms with Crippen LogP contribution in [0.25, 0.3) is 0 Å². The third-order valence-corrected chi connectivity index (χ3v) is 6.16. The predicted molar refractivity (Wildman–Crippen MR) is 123 cm³/mol. The fraction of sp³-hybridized carbons (Fsp3) is 0.320. The molecule has 1 atom stereocenters. The van der Waals surface area contributed by atoms with Crippen molar-refractivity contribution in [3.63, 3.8) is 0 Å². The van der Waals surface area contributed by atoms with E-state index in [1.165, 1.54) is 0 Å². The SMILES string of the molecule is COc1ccc(C2CN(Cc3ccc(F)c(C)c3)CCN2c2ccc(C)cc2Cl)cn1. The normalized spacial score (nSPS) is 17.1. The van der Waals surface area contributed by atoms with Crippen LogP contribution in [0.3, 0.4) is 0 Å². The van der Waals surface area contributed by atoms with Gasteiger partial charge in [0, 0.05) is 38.4 Å². The first-order chi connectivity index (χ1) is 14.9. The molecule has 3 aromatic rings. The number of halogens is 2. The van der Waals surface area contributed by atoms with Crippen LogP contribution in [-0.2, 0) is 6.54 Å². The van der Waals surface area contributed by atoms with Crippen molar-refractivity contribution in [3.8, 4) is 5.88 Å². The van der Waals surface area contributed by atoms with Crippen LogP contribution in [0.2, 0.25) is 5.02 Å². The number of hydrogen-bond donors (Lipinski definition) is 0. The monoisotopic (exact) mass is 439 g/mol. The summed E-state index contributed by atoms with van der Waals surface area (Å²) in [5, 5.41) is 0.758. The molecule has 1 unspecified atom stereocenters. The molecule has 162 valence electrons. The molecule has 0 saturated carbocycles. The zero-order valence-corrected chi connectivity index (χ0v) is 18.9. The zero-order valence-electron chi connectivity index (χ0n) is 18.1. The molecule has 1 aromatic heterocycles. The number of aromatic nitrogens is 1. The van der Waals surface area contributed by atoms with E-state index in [0.29, 0.717) is 11.4 Å². The van der Waals surface area contributed by atoms with Gasteiger partial charge in [-0.05, 0) is 54.3 Å². The van der Waals surface area contributed by atoms with E-state index < -0.39 is 0 Å². The minimum absolute atomic E-state index is 0.0916. The van der Waals surface area contributed by atoms with Gasteiger partial charge in [-0.25, -0.2) is 9.37 Å². The van der Waals surface area contributed by atoms with Gasteiger partial charge in [0.1, 0.15) is 5.82 Å². The lowest BCUT2D eigenvalue weighted by Gasteiger charge is -2.43. The number of rotatable bonds is 5. The second kappa shape index (κ2) is 9.25. The lowest BCUT2D eigenvalue weighted by molar-refractivity contribution is 0.215. The van der Waals surface area contributed by atoms with Gasteiger partial charge in [-0.1, -0.05) is 35.9 Å². The first-order valence-corrected chi connectivity index (χ1v) is 10.8. The fourth-order valence-electron chi connectivity index (χ4n) is 4.17. The van der Waals surface area contributed by atoms with Gasteiger partial charge >= 0.3 is 0 Å². The smallest absolute Gasteiger partial charge is 0.212 e. The molecule has 6 heteroatoms. The van der Waals surface area contributed by atoms with Crippen LogP contribution in [-0.4, -0.2) is 36.6 Å². The van der Waals surface area contributed by atoms with Gasteiger partial charge in [-0.2, -0.15) is 0 Å². The molecular formula is C25H27ClFN3O. The standard InChI is InChI=1S/C25H27ClFN3O/c1-17-4-8-23(21(26)12-17)30-11-10-29(15-19-5-7-22(27)18(2)13-19)16-24(30)20-6-9-25(31-3)28-14-20/h4-9,12-14,24H,10-11,15-16H2,1-3H3. The number of methoxy groups -OCH3 is 1. The maximum absolute atomic E-state index is 13.7. The Hall–Kier alpha value is -2.63. The highest BCUT2D eigenvalue weighted by atomic mass is 35.5. The van der Waals surface area contributed by atoms with Crippen LogP contribution in [0.5, 0.6) is 5.88 Å². The predicted octanol–water partition coefficient (Wildman–Crippen LogP) is 5.56. The van der Waals surface area contributed by atoms with Crippen molar-refractivity contribution in [1.82, 2.24) is 9.88 Å². The van der Waals surface area contributed by atoms with Crippen LogP contribution in [0.1, 0.15) is 28.3 Å². The molecule has 1 saturated heterocycles. The molecule has 0 radical (unpaired) electrons. The van der Waals surface area contributed by atoms with Gasteiger partial charge in [0.2, 0.25) is 5.88 Å². The Labute approximate surface area is 188 Å². The van der Waals surface area contributed by atoms with Gasteiger partial charge in [-0.3, -0.25) is 4.90 Å². The minimum atomic E-state index is -0.162. The van der Waals surface area contributed by atoms with Gasteiger partial charge < -0.3 is 9.64 Å². The number of benzene rings is 2. The second-order valence-corrected chi connectivity index (χ2v) is 8.52. The largest absolute Gasteiger partial charge is 0.481 e. The summed E-state index contributed by atoms with van der Waals surface area (Å²) in [7, 11) is 1.62. The summed E-state index contributed by atoms with van der Waals surface area (Å²) >= 11 is 6.64. The first-order valence-electron chi connectivity index (χ1n) is 10.4. The van der Waals surface area contributed by atoms with E-state index in [4.69, 9.17) is 16.3 Å². The lowest BCUT2D eigenvalue weighted by atomic mass is 10.0. The molecular weight excluding hydrogens is 413 g/mol. The highest BCUT2D eigenvalue weighted by Gasteiger charge is 2.30. The maximum Gasteiger partial charge on any atom is 0.212 e. The summed E-state index contributed by atoms with van der Waals surface area (Å²) in [5.74, 6) is 0.433. The summed E-state index contributed by atoms with van der Waals surface area (Å²) in [6, 6.07) is 15.6. The minimum Gasteiger partial charge on any atom is -0.481 e. The number of pyridine rings is 1. The van der Waals surface area contributed by atoms with Crippen molar-refractivity contribution in [2.45, 2.75) is 26.4 Å². The highest BCUT2D eigenvalue weighted by Crippen LogP contribution is 2.36. The van der Waals surface area contributed by atoms with E-state index in [-0.39, 0.29) is 11.9 Å². The van der Waals surface area contributed by atoms with Crippen LogP contribution in [0.4, 0.5) is 10.1 Å². The Morgan fingerprint density at radius 1 is 1.10 bits per heavy atom. The number of anilines is 1. The summed E-state index contributed by atoms with van der Waals surface area (Å²) in [6.45, 7) is 7.16. The van der Waals surface area contributed by atoms with E-state index in [1.54, 1.807) is 13.2 Å². The number of nitrogens with zero attached hydrogens (tertiary/aromatic N) is 3. The van der Waals surface area contributed by atoms with E-state index in [0.717, 1.165) is 53.6 Å². The summed E-state index contributed by atoms with van der Waals surface area (Å²) in [4.78, 5) is 9.19. The van der Waals surface area contributed by atoms with Gasteiger partial charge in [0.15, 0.2) is 0 Å². The molecule has 4 rings (SSSR count). The van der Waals surface area contributed by atoms with Gasteiger partial charge in [0.05, 0.1) is 23.9 Å². The molecule has 0 amide bonds. The molecule has 1 aliphatic rings. The van der Waals surface area contributed by atoms with Crippen molar-refractivity contribution >= 4 is 17.3 Å². The van der Waals surface area contributed by atoms with E-state index >= 15 is 0 Å². The first kappa shape index (κ1) is 21.6. The molecule has 0 aliphatic carbocycles. The second-order valence-electron chi connectivity index (χ2n) is 8.12. The van der Waals surface area contributed by atoms with Gasteiger partial charge in [0.25, 0.3) is 0 Å². The number of ether oxygens (including phenoxy) is 1. The van der Waals surface area contributed by atoms with Crippen molar-refractivity contribution in [2.75, 3.05) is 31.6 Å². The molecule has 2 aromatic carbocycles. The summed E-state index contributed by atoms with van der Waals surface area (Å²) in [6.07, 6.45) is 1.88. The Balaban J connectivity index is 1.62. The van der Waals surface area contributed by atoms with Crippen LogP contribution in [0, 0.1) is 19.7 Å². The zero-order chi connectivity index (χ0) is 22.0. The van der Waals surface area contributed by atoms with Crippen molar-refractivity contribution in [2.24, 2.45) is 0 Å². The summed E-state index contributed by atoms with van der Waals surface area (Å²) < 4.78 is 18.9. The Bertz CT molecular complexity index is 1060. The van der Waals surface area contributed by atoms with Crippen LogP contribution >= 0.6 is 11.6 Å². The van der Waals surface area contributed by atoms with Crippen molar-refractivity contribution in [3.05, 3.63) is 87.8 Å². The third-order valence-electron chi connectivity index (χ3n) is 5.86. The Morgan fingerprint density at radius 3 is 2.61 bits per heavy atom. The number of hydrogen-bond acceptors (Lipinski definition) is 4. The lowest BCUT2D eigenvalue weighted by Crippen LogP contribution is -2.48. The van der Waals surface area contributed by atoms with Crippen LogP contribution in [0.15, 0.2) is 54.7 Å². The quantitative estimate of drug-likeness (QED) is 0.520. The molecule has 2 heterocycles. The van der Waals surface area contributed by atoms with Crippen molar-refractivity contribution in [1.29, 1.82) is 0 Å². The Morgan fingerprint density at radius 2 is 1.94 bits per heavy atom. The molecule has 1 fully saturated rings. The molecule has 1 aliphatic heterocycles. The number of piperazine rings is 1. The van der Waals surface area contributed by atoms with E-state index in [9.17, 15) is 4.39 Å². The van der Waals surface area contributed by atoms with Crippen LogP contribution < -0.4 is 9.64 Å². The molecule has 0 spiro atoms. The highest BCUT2D eigenvalue weighted by molar-refractivity contribution is 6.33. The summed E-state index contributed by atoms with van der Waals surface area (Å²) in [5.41, 5.74) is 5.08. The van der Waals surface area contributed by atoms with Gasteiger partial charge in [-0.15, -0.1) is 0 Å². The topological polar surface area (TPSA) is 28.6 Å². The van der Waals surface area contributed by atoms with E-state index in [2.05, 4.69) is 33.0 Å². The molecule has 31 heavy (non-hydrogen) atoms. The third kappa shape index (κ3) is 4.83. The maximum atomic E-state index is 13.7. The average Bonchev–Trinajstić information content (AvgIpc) is 2.77. The number of aryl methyl sites for hydroxylation is 2. The molecule has 4 nitrogen and oxygen atoms in total. The van der Waals surface area contributed by atoms with E-state index in [1.807, 2.05) is 44.3 Å². The van der Waals surface area contributed by atoms with Crippen molar-refractivity contribution < 1.29 is 9.13 Å². The Kier molecular flexibility index (Phi) is 6.44. The average molecular weight is 440 g/mol. The molecule has 0 N–H and O–H groups in total. The molecule has 0 bridgehead atoms. The fourth-order valence-corrected chi connectivity index (χ4v) is 4.52.